The molecule has 104 valence electrons. The van der Waals surface area contributed by atoms with Gasteiger partial charge in [-0.15, -0.1) is 0 Å². The summed E-state index contributed by atoms with van der Waals surface area (Å²) >= 11 is 0. The largest absolute Gasteiger partial charge is 0.455 e. The Morgan fingerprint density at radius 2 is 1.68 bits per heavy atom. The van der Waals surface area contributed by atoms with Crippen LogP contribution in [0.4, 0.5) is 0 Å². The predicted octanol–water partition coefficient (Wildman–Crippen LogP) is 5.82. The Labute approximate surface area is 128 Å². The topological polar surface area (TPSA) is 13.1 Å². The van der Waals surface area contributed by atoms with Crippen molar-refractivity contribution in [2.45, 2.75) is 6.42 Å². The van der Waals surface area contributed by atoms with Gasteiger partial charge in [-0.2, -0.15) is 0 Å². The molecule has 1 aromatic heterocycles. The summed E-state index contributed by atoms with van der Waals surface area (Å²) in [5.41, 5.74) is 4.70. The van der Waals surface area contributed by atoms with Gasteiger partial charge in [0, 0.05) is 16.5 Å². The van der Waals surface area contributed by atoms with Crippen LogP contribution >= 0.6 is 0 Å². The first-order chi connectivity index (χ1) is 10.9. The van der Waals surface area contributed by atoms with Crippen LogP contribution in [0, 0.1) is 0 Å². The van der Waals surface area contributed by atoms with Crippen LogP contribution in [-0.2, 0) is 6.42 Å². The van der Waals surface area contributed by atoms with E-state index in [1.54, 1.807) is 0 Å². The van der Waals surface area contributed by atoms with E-state index in [1.807, 2.05) is 0 Å². The van der Waals surface area contributed by atoms with Crippen molar-refractivity contribution in [1.82, 2.24) is 0 Å². The van der Waals surface area contributed by atoms with Gasteiger partial charge >= 0.3 is 0 Å². The molecule has 0 atom stereocenters. The average Bonchev–Trinajstić information content (AvgIpc) is 2.85. The lowest BCUT2D eigenvalue weighted by molar-refractivity contribution is 0.630. The SMILES string of the molecule is C1=Cc2c(oc3ccc4ccccc4c23)-c2ccccc2C1. The van der Waals surface area contributed by atoms with Gasteiger partial charge in [0.2, 0.25) is 0 Å². The monoisotopic (exact) mass is 282 g/mol. The smallest absolute Gasteiger partial charge is 0.142 e. The molecule has 0 spiro atoms. The molecule has 3 aromatic carbocycles. The molecule has 0 bridgehead atoms. The van der Waals surface area contributed by atoms with E-state index in [-0.39, 0.29) is 0 Å². The van der Waals surface area contributed by atoms with Crippen LogP contribution < -0.4 is 0 Å². The first kappa shape index (κ1) is 11.8. The fourth-order valence-electron chi connectivity index (χ4n) is 3.48. The standard InChI is InChI=1S/C21H14O/c1-3-9-16-15(7-1)12-13-19-20(16)18-11-5-8-14-6-2-4-10-17(14)21(18)22-19/h1-7,9-13H,8H2. The zero-order valence-electron chi connectivity index (χ0n) is 12.0. The molecular weight excluding hydrogens is 268 g/mol. The van der Waals surface area contributed by atoms with Crippen LogP contribution in [0.2, 0.25) is 0 Å². The molecule has 1 aliphatic carbocycles. The van der Waals surface area contributed by atoms with E-state index in [2.05, 4.69) is 72.8 Å². The average molecular weight is 282 g/mol. The van der Waals surface area contributed by atoms with Crippen molar-refractivity contribution in [2.24, 2.45) is 0 Å². The maximum Gasteiger partial charge on any atom is 0.142 e. The summed E-state index contributed by atoms with van der Waals surface area (Å²) in [4.78, 5) is 0. The normalized spacial score (nSPS) is 13.1. The van der Waals surface area contributed by atoms with Crippen LogP contribution in [0.5, 0.6) is 0 Å². The van der Waals surface area contributed by atoms with E-state index in [1.165, 1.54) is 32.8 Å². The van der Waals surface area contributed by atoms with E-state index >= 15 is 0 Å². The van der Waals surface area contributed by atoms with Gasteiger partial charge in [0.05, 0.1) is 0 Å². The van der Waals surface area contributed by atoms with Crippen molar-refractivity contribution in [3.8, 4) is 11.3 Å². The Bertz CT molecular complexity index is 1050. The quantitative estimate of drug-likeness (QED) is 0.396. The highest BCUT2D eigenvalue weighted by atomic mass is 16.3. The van der Waals surface area contributed by atoms with Gasteiger partial charge in [0.15, 0.2) is 0 Å². The van der Waals surface area contributed by atoms with E-state index in [9.17, 15) is 0 Å². The van der Waals surface area contributed by atoms with Gasteiger partial charge in [0.1, 0.15) is 11.3 Å². The molecule has 0 unspecified atom stereocenters. The third kappa shape index (κ3) is 1.54. The highest BCUT2D eigenvalue weighted by Gasteiger charge is 2.19. The minimum Gasteiger partial charge on any atom is -0.455 e. The molecule has 0 amide bonds. The zero-order chi connectivity index (χ0) is 14.5. The molecule has 0 fully saturated rings. The van der Waals surface area contributed by atoms with Gasteiger partial charge in [-0.3, -0.25) is 0 Å². The molecule has 1 heterocycles. The predicted molar refractivity (Wildman–Crippen MR) is 91.9 cm³/mol. The van der Waals surface area contributed by atoms with Crippen molar-refractivity contribution < 1.29 is 4.42 Å². The molecule has 4 aromatic rings. The summed E-state index contributed by atoms with van der Waals surface area (Å²) in [6.45, 7) is 0. The molecule has 0 saturated heterocycles. The van der Waals surface area contributed by atoms with Gasteiger partial charge in [-0.05, 0) is 28.8 Å². The Balaban J connectivity index is 1.98. The fraction of sp³-hybridized carbons (Fsp3) is 0.0476. The molecule has 1 nitrogen and oxygen atoms in total. The minimum absolute atomic E-state index is 0.951. The second kappa shape index (κ2) is 4.35. The van der Waals surface area contributed by atoms with Gasteiger partial charge < -0.3 is 4.42 Å². The molecular formula is C21H14O. The first-order valence-electron chi connectivity index (χ1n) is 7.61. The second-order valence-electron chi connectivity index (χ2n) is 5.77. The lowest BCUT2D eigenvalue weighted by Gasteiger charge is -2.03. The Hall–Kier alpha value is -2.80. The number of hydrogen-bond acceptors (Lipinski definition) is 1. The molecule has 22 heavy (non-hydrogen) atoms. The van der Waals surface area contributed by atoms with Crippen LogP contribution in [0.15, 0.2) is 71.2 Å². The minimum atomic E-state index is 0.951. The maximum absolute atomic E-state index is 6.25. The van der Waals surface area contributed by atoms with Crippen molar-refractivity contribution in [3.05, 3.63) is 77.9 Å². The Morgan fingerprint density at radius 3 is 2.68 bits per heavy atom. The van der Waals surface area contributed by atoms with Crippen molar-refractivity contribution >= 4 is 27.8 Å². The summed E-state index contributed by atoms with van der Waals surface area (Å²) < 4.78 is 6.25. The number of fused-ring (bicyclic) bond motifs is 7. The molecule has 1 aliphatic rings. The maximum atomic E-state index is 6.25. The van der Waals surface area contributed by atoms with Crippen LogP contribution in [0.3, 0.4) is 0 Å². The van der Waals surface area contributed by atoms with E-state index < -0.39 is 0 Å². The first-order valence-corrected chi connectivity index (χ1v) is 7.61. The third-order valence-corrected chi connectivity index (χ3v) is 4.50. The number of furan rings is 1. The molecule has 5 rings (SSSR count). The summed E-state index contributed by atoms with van der Waals surface area (Å²) in [5.74, 6) is 0.996. The van der Waals surface area contributed by atoms with Crippen LogP contribution in [-0.4, -0.2) is 0 Å². The van der Waals surface area contributed by atoms with Gasteiger partial charge in [0.25, 0.3) is 0 Å². The lowest BCUT2D eigenvalue weighted by atomic mass is 10.00. The lowest BCUT2D eigenvalue weighted by Crippen LogP contribution is -1.84. The van der Waals surface area contributed by atoms with Crippen molar-refractivity contribution in [1.29, 1.82) is 0 Å². The van der Waals surface area contributed by atoms with E-state index in [0.29, 0.717) is 0 Å². The Kier molecular flexibility index (Phi) is 2.33. The Morgan fingerprint density at radius 1 is 0.818 bits per heavy atom. The zero-order valence-corrected chi connectivity index (χ0v) is 12.0. The third-order valence-electron chi connectivity index (χ3n) is 4.50. The van der Waals surface area contributed by atoms with Crippen molar-refractivity contribution in [2.75, 3.05) is 0 Å². The molecule has 0 radical (unpaired) electrons. The van der Waals surface area contributed by atoms with Crippen LogP contribution in [0.25, 0.3) is 39.1 Å². The number of allylic oxidation sites excluding steroid dienone is 1. The number of benzene rings is 3. The van der Waals surface area contributed by atoms with Crippen LogP contribution in [0.1, 0.15) is 11.1 Å². The fourth-order valence-corrected chi connectivity index (χ4v) is 3.48. The molecule has 1 heteroatoms. The second-order valence-corrected chi connectivity index (χ2v) is 5.77. The van der Waals surface area contributed by atoms with E-state index in [0.717, 1.165) is 17.8 Å². The van der Waals surface area contributed by atoms with Gasteiger partial charge in [-0.1, -0.05) is 66.7 Å². The highest BCUT2D eigenvalue weighted by Crippen LogP contribution is 2.41. The number of rotatable bonds is 0. The summed E-state index contributed by atoms with van der Waals surface area (Å²) in [7, 11) is 0. The van der Waals surface area contributed by atoms with Crippen molar-refractivity contribution in [3.63, 3.8) is 0 Å². The molecule has 0 N–H and O–H groups in total. The molecule has 0 aliphatic heterocycles. The molecule has 0 saturated carbocycles. The summed E-state index contributed by atoms with van der Waals surface area (Å²) in [5, 5.41) is 3.74. The van der Waals surface area contributed by atoms with Gasteiger partial charge in [-0.25, -0.2) is 0 Å². The van der Waals surface area contributed by atoms with E-state index in [4.69, 9.17) is 4.42 Å². The summed E-state index contributed by atoms with van der Waals surface area (Å²) in [6.07, 6.45) is 5.40. The highest BCUT2D eigenvalue weighted by molar-refractivity contribution is 6.12. The number of hydrogen-bond donors (Lipinski definition) is 0. The summed E-state index contributed by atoms with van der Waals surface area (Å²) in [6, 6.07) is 21.2.